The van der Waals surface area contributed by atoms with E-state index in [9.17, 15) is 4.79 Å². The maximum Gasteiger partial charge on any atom is 0.358 e. The van der Waals surface area contributed by atoms with Crippen LogP contribution in [0.4, 0.5) is 5.82 Å². The van der Waals surface area contributed by atoms with Gasteiger partial charge >= 0.3 is 5.97 Å². The van der Waals surface area contributed by atoms with E-state index in [2.05, 4.69) is 14.7 Å². The average Bonchev–Trinajstić information content (AvgIpc) is 2.38. The van der Waals surface area contributed by atoms with Crippen LogP contribution in [0, 0.1) is 0 Å². The summed E-state index contributed by atoms with van der Waals surface area (Å²) in [7, 11) is 3.18. The first-order chi connectivity index (χ1) is 8.19. The Morgan fingerprint density at radius 3 is 2.88 bits per heavy atom. The molecule has 1 heterocycles. The number of aromatic nitrogens is 2. The number of rotatable bonds is 6. The van der Waals surface area contributed by atoms with Crippen molar-refractivity contribution in [2.24, 2.45) is 0 Å². The molecule has 94 valence electrons. The second kappa shape index (κ2) is 6.80. The Hall–Kier alpha value is -1.69. The van der Waals surface area contributed by atoms with Gasteiger partial charge in [0.25, 0.3) is 0 Å². The van der Waals surface area contributed by atoms with Crippen LogP contribution in [0.5, 0.6) is 0 Å². The normalized spacial score (nSPS) is 10.1. The summed E-state index contributed by atoms with van der Waals surface area (Å²) >= 11 is 0. The van der Waals surface area contributed by atoms with Crippen molar-refractivity contribution in [2.45, 2.75) is 6.92 Å². The highest BCUT2D eigenvalue weighted by Gasteiger charge is 2.10. The summed E-state index contributed by atoms with van der Waals surface area (Å²) in [6, 6.07) is 0. The molecule has 17 heavy (non-hydrogen) atoms. The van der Waals surface area contributed by atoms with Crippen LogP contribution in [0.25, 0.3) is 0 Å². The minimum Gasteiger partial charge on any atom is -0.464 e. The first kappa shape index (κ1) is 13.4. The molecule has 0 saturated heterocycles. The van der Waals surface area contributed by atoms with Crippen LogP contribution in [0.1, 0.15) is 17.4 Å². The standard InChI is InChI=1S/C11H17N3O3/c1-4-17-6-5-14(2)10-8-12-7-9(13-10)11(15)16-3/h7-8H,4-6H2,1-3H3. The molecule has 0 N–H and O–H groups in total. The van der Waals surface area contributed by atoms with Gasteiger partial charge in [-0.3, -0.25) is 4.98 Å². The van der Waals surface area contributed by atoms with E-state index in [0.717, 1.165) is 0 Å². The van der Waals surface area contributed by atoms with E-state index in [1.165, 1.54) is 13.3 Å². The average molecular weight is 239 g/mol. The lowest BCUT2D eigenvalue weighted by molar-refractivity contribution is 0.0593. The number of ether oxygens (including phenoxy) is 2. The number of methoxy groups -OCH3 is 1. The zero-order chi connectivity index (χ0) is 12.7. The Morgan fingerprint density at radius 1 is 1.47 bits per heavy atom. The first-order valence-electron chi connectivity index (χ1n) is 5.38. The number of esters is 1. The molecular weight excluding hydrogens is 222 g/mol. The number of likely N-dealkylation sites (N-methyl/N-ethyl adjacent to an activating group) is 1. The maximum atomic E-state index is 11.3. The number of hydrogen-bond donors (Lipinski definition) is 0. The molecule has 1 aromatic rings. The maximum absolute atomic E-state index is 11.3. The molecule has 0 aliphatic rings. The topological polar surface area (TPSA) is 64.5 Å². The Bertz CT molecular complexity index is 371. The molecule has 0 aliphatic carbocycles. The highest BCUT2D eigenvalue weighted by molar-refractivity contribution is 5.87. The molecule has 0 unspecified atom stereocenters. The molecule has 6 nitrogen and oxygen atoms in total. The fraction of sp³-hybridized carbons (Fsp3) is 0.545. The van der Waals surface area contributed by atoms with E-state index in [0.29, 0.717) is 25.6 Å². The van der Waals surface area contributed by atoms with Gasteiger partial charge in [-0.05, 0) is 6.92 Å². The summed E-state index contributed by atoms with van der Waals surface area (Å²) in [6.45, 7) is 3.92. The molecule has 0 atom stereocenters. The summed E-state index contributed by atoms with van der Waals surface area (Å²) in [6.07, 6.45) is 2.98. The lowest BCUT2D eigenvalue weighted by Gasteiger charge is -2.17. The molecule has 6 heteroatoms. The van der Waals surface area contributed by atoms with Crippen LogP contribution in [0.15, 0.2) is 12.4 Å². The largest absolute Gasteiger partial charge is 0.464 e. The van der Waals surface area contributed by atoms with Gasteiger partial charge in [-0.1, -0.05) is 0 Å². The van der Waals surface area contributed by atoms with Gasteiger partial charge in [0.1, 0.15) is 5.82 Å². The number of carbonyl (C=O) groups is 1. The number of hydrogen-bond acceptors (Lipinski definition) is 6. The first-order valence-corrected chi connectivity index (χ1v) is 5.38. The van der Waals surface area contributed by atoms with Gasteiger partial charge in [0.15, 0.2) is 5.69 Å². The van der Waals surface area contributed by atoms with E-state index < -0.39 is 5.97 Å². The van der Waals surface area contributed by atoms with Gasteiger partial charge in [0.05, 0.1) is 26.1 Å². The lowest BCUT2D eigenvalue weighted by Crippen LogP contribution is -2.24. The van der Waals surface area contributed by atoms with Crippen LogP contribution in [-0.4, -0.2) is 49.9 Å². The zero-order valence-electron chi connectivity index (χ0n) is 10.3. The van der Waals surface area contributed by atoms with Crippen molar-refractivity contribution in [1.29, 1.82) is 0 Å². The van der Waals surface area contributed by atoms with E-state index in [4.69, 9.17) is 4.74 Å². The zero-order valence-corrected chi connectivity index (χ0v) is 10.3. The molecule has 0 saturated carbocycles. The van der Waals surface area contributed by atoms with Crippen molar-refractivity contribution >= 4 is 11.8 Å². The van der Waals surface area contributed by atoms with Gasteiger partial charge in [-0.15, -0.1) is 0 Å². The summed E-state index contributed by atoms with van der Waals surface area (Å²) in [5.74, 6) is 0.130. The quantitative estimate of drug-likeness (QED) is 0.539. The predicted octanol–water partition coefficient (Wildman–Crippen LogP) is 0.736. The molecule has 1 rings (SSSR count). The molecular formula is C11H17N3O3. The highest BCUT2D eigenvalue weighted by Crippen LogP contribution is 2.07. The van der Waals surface area contributed by atoms with E-state index in [1.807, 2.05) is 18.9 Å². The van der Waals surface area contributed by atoms with Gasteiger partial charge < -0.3 is 14.4 Å². The van der Waals surface area contributed by atoms with Crippen molar-refractivity contribution in [2.75, 3.05) is 38.8 Å². The van der Waals surface area contributed by atoms with Crippen molar-refractivity contribution in [1.82, 2.24) is 9.97 Å². The van der Waals surface area contributed by atoms with Crippen molar-refractivity contribution in [3.05, 3.63) is 18.1 Å². The molecule has 1 aromatic heterocycles. The molecule has 0 aliphatic heterocycles. The van der Waals surface area contributed by atoms with Gasteiger partial charge in [0.2, 0.25) is 0 Å². The molecule has 0 spiro atoms. The van der Waals surface area contributed by atoms with Crippen LogP contribution in [0.2, 0.25) is 0 Å². The van der Waals surface area contributed by atoms with Crippen LogP contribution in [0.3, 0.4) is 0 Å². The van der Waals surface area contributed by atoms with Gasteiger partial charge in [-0.2, -0.15) is 0 Å². The fourth-order valence-corrected chi connectivity index (χ4v) is 1.20. The Kier molecular flexibility index (Phi) is 5.35. The van der Waals surface area contributed by atoms with Gasteiger partial charge in [0, 0.05) is 20.2 Å². The second-order valence-corrected chi connectivity index (χ2v) is 3.37. The minimum atomic E-state index is -0.488. The molecule has 0 amide bonds. The second-order valence-electron chi connectivity index (χ2n) is 3.37. The number of anilines is 1. The minimum absolute atomic E-state index is 0.202. The van der Waals surface area contributed by atoms with Crippen LogP contribution >= 0.6 is 0 Å². The highest BCUT2D eigenvalue weighted by atomic mass is 16.5. The number of carbonyl (C=O) groups excluding carboxylic acids is 1. The lowest BCUT2D eigenvalue weighted by atomic mass is 10.4. The van der Waals surface area contributed by atoms with E-state index >= 15 is 0 Å². The van der Waals surface area contributed by atoms with Gasteiger partial charge in [-0.25, -0.2) is 9.78 Å². The fourth-order valence-electron chi connectivity index (χ4n) is 1.20. The summed E-state index contributed by atoms with van der Waals surface area (Å²) in [4.78, 5) is 21.3. The predicted molar refractivity (Wildman–Crippen MR) is 63.1 cm³/mol. The van der Waals surface area contributed by atoms with Crippen molar-refractivity contribution in [3.63, 3.8) is 0 Å². The third-order valence-electron chi connectivity index (χ3n) is 2.18. The molecule has 0 radical (unpaired) electrons. The summed E-state index contributed by atoms with van der Waals surface area (Å²) < 4.78 is 9.83. The summed E-state index contributed by atoms with van der Waals surface area (Å²) in [5.41, 5.74) is 0.202. The van der Waals surface area contributed by atoms with E-state index in [-0.39, 0.29) is 5.69 Å². The van der Waals surface area contributed by atoms with Crippen LogP contribution < -0.4 is 4.90 Å². The molecule has 0 fully saturated rings. The smallest absolute Gasteiger partial charge is 0.358 e. The monoisotopic (exact) mass is 239 g/mol. The van der Waals surface area contributed by atoms with Crippen molar-refractivity contribution < 1.29 is 14.3 Å². The SMILES string of the molecule is CCOCCN(C)c1cncc(C(=O)OC)n1. The van der Waals surface area contributed by atoms with Crippen molar-refractivity contribution in [3.8, 4) is 0 Å². The Labute approximate surface area is 101 Å². The molecule has 0 aromatic carbocycles. The molecule has 0 bridgehead atoms. The Morgan fingerprint density at radius 2 is 2.24 bits per heavy atom. The third-order valence-corrected chi connectivity index (χ3v) is 2.18. The third kappa shape index (κ3) is 3.99. The summed E-state index contributed by atoms with van der Waals surface area (Å²) in [5, 5.41) is 0. The number of nitrogens with zero attached hydrogens (tertiary/aromatic N) is 3. The van der Waals surface area contributed by atoms with Crippen LogP contribution in [-0.2, 0) is 9.47 Å². The Balaban J connectivity index is 2.67. The van der Waals surface area contributed by atoms with E-state index in [1.54, 1.807) is 6.20 Å².